The lowest BCUT2D eigenvalue weighted by molar-refractivity contribution is 0.0693. The van der Waals surface area contributed by atoms with Gasteiger partial charge in [0, 0.05) is 10.6 Å². The second-order valence-electron chi connectivity index (χ2n) is 4.01. The number of rotatable bonds is 4. The molecule has 2 aromatic carbocycles. The smallest absolute Gasteiger partial charge is 0.336 e. The number of aromatic carboxylic acids is 1. The zero-order valence-corrected chi connectivity index (χ0v) is 11.2. The van der Waals surface area contributed by atoms with Gasteiger partial charge in [-0.2, -0.15) is 5.26 Å². The summed E-state index contributed by atoms with van der Waals surface area (Å²) in [5.74, 6) is -1.14. The lowest BCUT2D eigenvalue weighted by Crippen LogP contribution is -1.98. The summed E-state index contributed by atoms with van der Waals surface area (Å²) in [6.45, 7) is 0. The van der Waals surface area contributed by atoms with Crippen LogP contribution in [0.15, 0.2) is 47.4 Å². The van der Waals surface area contributed by atoms with Crippen LogP contribution in [0, 0.1) is 17.1 Å². The lowest BCUT2D eigenvalue weighted by atomic mass is 10.1. The Morgan fingerprint density at radius 2 is 2.05 bits per heavy atom. The van der Waals surface area contributed by atoms with Gasteiger partial charge < -0.3 is 5.11 Å². The Hall–Kier alpha value is -2.32. The molecule has 0 unspecified atom stereocenters. The standard InChI is InChI=1S/C15H10FNO2S/c16-13-6-5-10(8-17)7-11(13)9-20-14-4-2-1-3-12(14)15(18)19/h1-7H,9H2,(H,18,19). The molecule has 0 atom stereocenters. The number of hydrogen-bond acceptors (Lipinski definition) is 3. The van der Waals surface area contributed by atoms with Gasteiger partial charge in [0.2, 0.25) is 0 Å². The summed E-state index contributed by atoms with van der Waals surface area (Å²) >= 11 is 1.23. The second-order valence-corrected chi connectivity index (χ2v) is 5.03. The van der Waals surface area contributed by atoms with Crippen LogP contribution < -0.4 is 0 Å². The van der Waals surface area contributed by atoms with Crippen molar-refractivity contribution in [2.75, 3.05) is 0 Å². The van der Waals surface area contributed by atoms with E-state index in [1.54, 1.807) is 18.2 Å². The average Bonchev–Trinajstić information content (AvgIpc) is 2.46. The summed E-state index contributed by atoms with van der Waals surface area (Å²) in [6, 6.07) is 12.7. The summed E-state index contributed by atoms with van der Waals surface area (Å²) < 4.78 is 13.6. The Morgan fingerprint density at radius 3 is 2.75 bits per heavy atom. The number of benzene rings is 2. The van der Waals surface area contributed by atoms with Crippen molar-refractivity contribution in [2.24, 2.45) is 0 Å². The van der Waals surface area contributed by atoms with E-state index >= 15 is 0 Å². The van der Waals surface area contributed by atoms with Crippen molar-refractivity contribution in [1.82, 2.24) is 0 Å². The molecule has 1 N–H and O–H groups in total. The molecule has 2 rings (SSSR count). The van der Waals surface area contributed by atoms with Gasteiger partial charge in [-0.1, -0.05) is 12.1 Å². The molecule has 0 saturated heterocycles. The van der Waals surface area contributed by atoms with Crippen LogP contribution in [-0.2, 0) is 5.75 Å². The van der Waals surface area contributed by atoms with Gasteiger partial charge in [0.05, 0.1) is 17.2 Å². The molecule has 0 spiro atoms. The minimum Gasteiger partial charge on any atom is -0.478 e. The number of carbonyl (C=O) groups is 1. The van der Waals surface area contributed by atoms with Crippen molar-refractivity contribution in [2.45, 2.75) is 10.6 Å². The highest BCUT2D eigenvalue weighted by Crippen LogP contribution is 2.27. The van der Waals surface area contributed by atoms with Gasteiger partial charge in [-0.25, -0.2) is 9.18 Å². The van der Waals surface area contributed by atoms with Crippen LogP contribution >= 0.6 is 11.8 Å². The third-order valence-corrected chi connectivity index (χ3v) is 3.80. The average molecular weight is 287 g/mol. The Bertz CT molecular complexity index is 695. The molecule has 0 radical (unpaired) electrons. The molecule has 3 nitrogen and oxygen atoms in total. The van der Waals surface area contributed by atoms with Crippen molar-refractivity contribution < 1.29 is 14.3 Å². The van der Waals surface area contributed by atoms with E-state index in [0.717, 1.165) is 0 Å². The molecule has 0 aromatic heterocycles. The van der Waals surface area contributed by atoms with Gasteiger partial charge in [0.15, 0.2) is 0 Å². The minimum absolute atomic E-state index is 0.189. The fraction of sp³-hybridized carbons (Fsp3) is 0.0667. The number of carboxylic acids is 1. The van der Waals surface area contributed by atoms with E-state index in [2.05, 4.69) is 0 Å². The van der Waals surface area contributed by atoms with Crippen LogP contribution in [0.1, 0.15) is 21.5 Å². The van der Waals surface area contributed by atoms with E-state index in [9.17, 15) is 9.18 Å². The summed E-state index contributed by atoms with van der Waals surface area (Å²) in [5.41, 5.74) is 0.956. The van der Waals surface area contributed by atoms with Crippen molar-refractivity contribution in [3.63, 3.8) is 0 Å². The van der Waals surface area contributed by atoms with Crippen LogP contribution in [0.5, 0.6) is 0 Å². The molecule has 0 amide bonds. The molecule has 0 aliphatic carbocycles. The SMILES string of the molecule is N#Cc1ccc(F)c(CSc2ccccc2C(=O)O)c1. The van der Waals surface area contributed by atoms with Gasteiger partial charge in [0.1, 0.15) is 5.82 Å². The zero-order valence-electron chi connectivity index (χ0n) is 10.3. The maximum Gasteiger partial charge on any atom is 0.336 e. The lowest BCUT2D eigenvalue weighted by Gasteiger charge is -2.06. The molecule has 0 aliphatic rings. The summed E-state index contributed by atoms with van der Waals surface area (Å²) in [7, 11) is 0. The van der Waals surface area contributed by atoms with Crippen LogP contribution in [0.2, 0.25) is 0 Å². The van der Waals surface area contributed by atoms with Crippen molar-refractivity contribution in [3.05, 3.63) is 65.0 Å². The highest BCUT2D eigenvalue weighted by atomic mass is 32.2. The third-order valence-electron chi connectivity index (χ3n) is 2.68. The van der Waals surface area contributed by atoms with E-state index in [0.29, 0.717) is 16.0 Å². The van der Waals surface area contributed by atoms with Gasteiger partial charge >= 0.3 is 5.97 Å². The fourth-order valence-corrected chi connectivity index (χ4v) is 2.70. The van der Waals surface area contributed by atoms with Crippen LogP contribution in [0.4, 0.5) is 4.39 Å². The van der Waals surface area contributed by atoms with Gasteiger partial charge in [-0.05, 0) is 35.9 Å². The minimum atomic E-state index is -1.01. The second kappa shape index (κ2) is 6.22. The maximum atomic E-state index is 13.6. The molecule has 0 fully saturated rings. The highest BCUT2D eigenvalue weighted by molar-refractivity contribution is 7.98. The van der Waals surface area contributed by atoms with Crippen LogP contribution in [0.3, 0.4) is 0 Å². The molecule has 0 bridgehead atoms. The molecule has 0 heterocycles. The van der Waals surface area contributed by atoms with Gasteiger partial charge in [-0.15, -0.1) is 11.8 Å². The van der Waals surface area contributed by atoms with E-state index < -0.39 is 11.8 Å². The molecule has 2 aromatic rings. The van der Waals surface area contributed by atoms with Gasteiger partial charge in [0.25, 0.3) is 0 Å². The zero-order chi connectivity index (χ0) is 14.5. The molecule has 20 heavy (non-hydrogen) atoms. The topological polar surface area (TPSA) is 61.1 Å². The fourth-order valence-electron chi connectivity index (χ4n) is 1.68. The van der Waals surface area contributed by atoms with E-state index in [4.69, 9.17) is 10.4 Å². The molecule has 5 heteroatoms. The van der Waals surface area contributed by atoms with E-state index in [-0.39, 0.29) is 11.3 Å². The van der Waals surface area contributed by atoms with E-state index in [1.807, 2.05) is 6.07 Å². The first-order valence-corrected chi connectivity index (χ1v) is 6.74. The normalized spacial score (nSPS) is 10.0. The molecule has 0 saturated carbocycles. The summed E-state index contributed by atoms with van der Waals surface area (Å²) in [4.78, 5) is 11.6. The predicted octanol–water partition coefficient (Wildman–Crippen LogP) is 3.69. The molecular formula is C15H10FNO2S. The number of thioether (sulfide) groups is 1. The Kier molecular flexibility index (Phi) is 4.38. The number of halogens is 1. The number of hydrogen-bond donors (Lipinski definition) is 1. The maximum absolute atomic E-state index is 13.6. The summed E-state index contributed by atoms with van der Waals surface area (Å²) in [6.07, 6.45) is 0. The molecule has 0 aliphatic heterocycles. The Balaban J connectivity index is 2.21. The largest absolute Gasteiger partial charge is 0.478 e. The van der Waals surface area contributed by atoms with E-state index in [1.165, 1.54) is 36.0 Å². The quantitative estimate of drug-likeness (QED) is 0.871. The van der Waals surface area contributed by atoms with Crippen molar-refractivity contribution in [1.29, 1.82) is 5.26 Å². The number of nitrogens with zero attached hydrogens (tertiary/aromatic N) is 1. The Labute approximate surface area is 119 Å². The summed E-state index contributed by atoms with van der Waals surface area (Å²) in [5, 5.41) is 17.9. The Morgan fingerprint density at radius 1 is 1.30 bits per heavy atom. The number of nitriles is 1. The third kappa shape index (κ3) is 3.16. The van der Waals surface area contributed by atoms with Crippen molar-refractivity contribution in [3.8, 4) is 6.07 Å². The first-order valence-electron chi connectivity index (χ1n) is 5.75. The van der Waals surface area contributed by atoms with Crippen LogP contribution in [0.25, 0.3) is 0 Å². The molecular weight excluding hydrogens is 277 g/mol. The monoisotopic (exact) mass is 287 g/mol. The molecule has 100 valence electrons. The van der Waals surface area contributed by atoms with Crippen LogP contribution in [-0.4, -0.2) is 11.1 Å². The predicted molar refractivity (Wildman–Crippen MR) is 74.1 cm³/mol. The highest BCUT2D eigenvalue weighted by Gasteiger charge is 2.11. The first-order chi connectivity index (χ1) is 9.61. The number of carboxylic acid groups (broad SMARTS) is 1. The van der Waals surface area contributed by atoms with Crippen molar-refractivity contribution >= 4 is 17.7 Å². The first kappa shape index (κ1) is 14.1. The van der Waals surface area contributed by atoms with Gasteiger partial charge in [-0.3, -0.25) is 0 Å².